The Kier molecular flexibility index (Phi) is 5.41. The van der Waals surface area contributed by atoms with Crippen molar-refractivity contribution in [2.45, 2.75) is 43.4 Å². The number of amides is 1. The van der Waals surface area contributed by atoms with Gasteiger partial charge in [-0.2, -0.15) is 8.42 Å². The smallest absolute Gasteiger partial charge is 0.283 e. The lowest BCUT2D eigenvalue weighted by atomic mass is 9.90. The van der Waals surface area contributed by atoms with Gasteiger partial charge in [0.15, 0.2) is 0 Å². The van der Waals surface area contributed by atoms with Crippen LogP contribution < -0.4 is 5.32 Å². The van der Waals surface area contributed by atoms with Crippen molar-refractivity contribution in [2.24, 2.45) is 4.40 Å². The van der Waals surface area contributed by atoms with E-state index < -0.39 is 10.0 Å². The number of amidine groups is 1. The number of nitrogens with zero attached hydrogens (tertiary/aromatic N) is 2. The first kappa shape index (κ1) is 19.6. The Bertz CT molecular complexity index is 1060. The number of hydrogen-bond acceptors (Lipinski definition) is 3. The number of likely N-dealkylation sites (tertiary alicyclic amines) is 1. The number of nitrogens with one attached hydrogen (secondary N) is 1. The molecule has 1 amide bonds. The maximum absolute atomic E-state index is 12.6. The van der Waals surface area contributed by atoms with E-state index in [4.69, 9.17) is 0 Å². The molecule has 2 aromatic carbocycles. The summed E-state index contributed by atoms with van der Waals surface area (Å²) in [6.45, 7) is 0.821. The van der Waals surface area contributed by atoms with Gasteiger partial charge >= 0.3 is 0 Å². The van der Waals surface area contributed by atoms with Crippen LogP contribution in [0.5, 0.6) is 0 Å². The second-order valence-electron chi connectivity index (χ2n) is 7.68. The number of sulfonamides is 1. The third-order valence-electron chi connectivity index (χ3n) is 5.58. The van der Waals surface area contributed by atoms with Crippen molar-refractivity contribution in [3.63, 3.8) is 0 Å². The minimum absolute atomic E-state index is 0.122. The van der Waals surface area contributed by atoms with Gasteiger partial charge in [0.25, 0.3) is 15.9 Å². The SMILES string of the molecule is CN1CCC/C1=N\S(=O)(=O)c1ccc(NC(=O)c2ccc3c(c2)CCCC3)cc1. The second-order valence-corrected chi connectivity index (χ2v) is 9.28. The van der Waals surface area contributed by atoms with Crippen molar-refractivity contribution >= 4 is 27.5 Å². The fourth-order valence-corrected chi connectivity index (χ4v) is 4.98. The zero-order valence-corrected chi connectivity index (χ0v) is 17.3. The van der Waals surface area contributed by atoms with Gasteiger partial charge in [-0.15, -0.1) is 4.40 Å². The van der Waals surface area contributed by atoms with Crippen LogP contribution in [0, 0.1) is 0 Å². The summed E-state index contributed by atoms with van der Waals surface area (Å²) >= 11 is 0. The van der Waals surface area contributed by atoms with Gasteiger partial charge in [0.1, 0.15) is 5.84 Å². The van der Waals surface area contributed by atoms with Crippen molar-refractivity contribution in [2.75, 3.05) is 18.9 Å². The molecule has 0 unspecified atom stereocenters. The first-order valence-corrected chi connectivity index (χ1v) is 11.4. The normalized spacial score (nSPS) is 18.0. The van der Waals surface area contributed by atoms with Crippen LogP contribution >= 0.6 is 0 Å². The Labute approximate surface area is 171 Å². The molecule has 1 saturated heterocycles. The van der Waals surface area contributed by atoms with Crippen molar-refractivity contribution in [1.82, 2.24) is 4.90 Å². The standard InChI is InChI=1S/C22H25N3O3S/c1-25-14-4-7-21(25)24-29(27,28)20-12-10-19(11-13-20)23-22(26)18-9-8-16-5-2-3-6-17(16)15-18/h8-13,15H,2-7,14H2,1H3,(H,23,26)/b24-21+. The zero-order valence-electron chi connectivity index (χ0n) is 16.5. The first-order valence-electron chi connectivity index (χ1n) is 10.0. The van der Waals surface area contributed by atoms with Gasteiger partial charge in [0, 0.05) is 31.3 Å². The lowest BCUT2D eigenvalue weighted by Crippen LogP contribution is -2.20. The molecule has 2 aromatic rings. The summed E-state index contributed by atoms with van der Waals surface area (Å²) in [5.41, 5.74) is 3.76. The van der Waals surface area contributed by atoms with Crippen LogP contribution in [0.15, 0.2) is 51.8 Å². The number of fused-ring (bicyclic) bond motifs is 1. The van der Waals surface area contributed by atoms with Gasteiger partial charge in [-0.3, -0.25) is 4.79 Å². The molecule has 1 fully saturated rings. The molecule has 0 saturated carbocycles. The number of benzene rings is 2. The highest BCUT2D eigenvalue weighted by atomic mass is 32.2. The molecular formula is C22H25N3O3S. The highest BCUT2D eigenvalue weighted by molar-refractivity contribution is 7.90. The van der Waals surface area contributed by atoms with E-state index in [9.17, 15) is 13.2 Å². The predicted octanol–water partition coefficient (Wildman–Crippen LogP) is 3.63. The van der Waals surface area contributed by atoms with Crippen LogP contribution in [0.3, 0.4) is 0 Å². The summed E-state index contributed by atoms with van der Waals surface area (Å²) < 4.78 is 29.0. The largest absolute Gasteiger partial charge is 0.362 e. The van der Waals surface area contributed by atoms with Gasteiger partial charge in [-0.1, -0.05) is 6.07 Å². The number of rotatable bonds is 4. The number of hydrogen-bond donors (Lipinski definition) is 1. The molecule has 0 atom stereocenters. The highest BCUT2D eigenvalue weighted by Gasteiger charge is 2.20. The molecule has 2 aliphatic rings. The molecule has 29 heavy (non-hydrogen) atoms. The second kappa shape index (κ2) is 7.99. The zero-order chi connectivity index (χ0) is 20.4. The molecule has 0 spiro atoms. The molecule has 0 radical (unpaired) electrons. The van der Waals surface area contributed by atoms with Crippen LogP contribution in [-0.2, 0) is 22.9 Å². The minimum atomic E-state index is -3.75. The average Bonchev–Trinajstić information content (AvgIpc) is 3.12. The third kappa shape index (κ3) is 4.34. The summed E-state index contributed by atoms with van der Waals surface area (Å²) in [7, 11) is -1.90. The average molecular weight is 412 g/mol. The lowest BCUT2D eigenvalue weighted by molar-refractivity contribution is 0.102. The van der Waals surface area contributed by atoms with E-state index in [0.29, 0.717) is 23.5 Å². The summed E-state index contributed by atoms with van der Waals surface area (Å²) in [6.07, 6.45) is 6.04. The fraction of sp³-hybridized carbons (Fsp3) is 0.364. The van der Waals surface area contributed by atoms with Crippen molar-refractivity contribution in [3.8, 4) is 0 Å². The van der Waals surface area contributed by atoms with Crippen molar-refractivity contribution < 1.29 is 13.2 Å². The Morgan fingerprint density at radius 1 is 0.966 bits per heavy atom. The number of anilines is 1. The lowest BCUT2D eigenvalue weighted by Gasteiger charge is -2.16. The Morgan fingerprint density at radius 3 is 2.38 bits per heavy atom. The van der Waals surface area contributed by atoms with Gasteiger partial charge in [0.05, 0.1) is 4.90 Å². The maximum atomic E-state index is 12.6. The van der Waals surface area contributed by atoms with E-state index in [0.717, 1.165) is 32.2 Å². The van der Waals surface area contributed by atoms with Crippen LogP contribution in [0.25, 0.3) is 0 Å². The van der Waals surface area contributed by atoms with E-state index in [1.807, 2.05) is 30.1 Å². The van der Waals surface area contributed by atoms with Crippen LogP contribution in [0.1, 0.15) is 47.2 Å². The molecule has 0 aromatic heterocycles. The van der Waals surface area contributed by atoms with E-state index in [-0.39, 0.29) is 10.8 Å². The van der Waals surface area contributed by atoms with Crippen LogP contribution in [0.2, 0.25) is 0 Å². The Balaban J connectivity index is 1.47. The van der Waals surface area contributed by atoms with Gasteiger partial charge in [0.2, 0.25) is 0 Å². The predicted molar refractivity (Wildman–Crippen MR) is 114 cm³/mol. The molecule has 1 aliphatic heterocycles. The summed E-state index contributed by atoms with van der Waals surface area (Å²) in [4.78, 5) is 14.6. The number of aryl methyl sites for hydroxylation is 2. The summed E-state index contributed by atoms with van der Waals surface area (Å²) in [5, 5.41) is 2.85. The highest BCUT2D eigenvalue weighted by Crippen LogP contribution is 2.23. The Morgan fingerprint density at radius 2 is 1.69 bits per heavy atom. The van der Waals surface area contributed by atoms with Crippen molar-refractivity contribution in [1.29, 1.82) is 0 Å². The van der Waals surface area contributed by atoms with Crippen LogP contribution in [-0.4, -0.2) is 38.7 Å². The van der Waals surface area contributed by atoms with E-state index in [1.54, 1.807) is 12.1 Å². The fourth-order valence-electron chi connectivity index (χ4n) is 3.89. The summed E-state index contributed by atoms with van der Waals surface area (Å²) in [6, 6.07) is 12.0. The van der Waals surface area contributed by atoms with Gasteiger partial charge < -0.3 is 10.2 Å². The minimum Gasteiger partial charge on any atom is -0.362 e. The van der Waals surface area contributed by atoms with E-state index in [2.05, 4.69) is 9.71 Å². The first-order chi connectivity index (χ1) is 13.9. The maximum Gasteiger partial charge on any atom is 0.283 e. The summed E-state index contributed by atoms with van der Waals surface area (Å²) in [5.74, 6) is 0.400. The molecule has 7 heteroatoms. The number of carbonyl (C=O) groups is 1. The molecule has 1 heterocycles. The molecule has 0 bridgehead atoms. The Hall–Kier alpha value is -2.67. The molecule has 152 valence electrons. The van der Waals surface area contributed by atoms with Gasteiger partial charge in [-0.05, 0) is 79.6 Å². The molecule has 6 nitrogen and oxygen atoms in total. The molecule has 1 N–H and O–H groups in total. The topological polar surface area (TPSA) is 78.8 Å². The molecule has 4 rings (SSSR count). The van der Waals surface area contributed by atoms with E-state index in [1.165, 1.54) is 29.7 Å². The van der Waals surface area contributed by atoms with Crippen molar-refractivity contribution in [3.05, 3.63) is 59.2 Å². The van der Waals surface area contributed by atoms with Gasteiger partial charge in [-0.25, -0.2) is 0 Å². The third-order valence-corrected chi connectivity index (χ3v) is 6.90. The molecular weight excluding hydrogens is 386 g/mol. The quantitative estimate of drug-likeness (QED) is 0.833. The van der Waals surface area contributed by atoms with Crippen LogP contribution in [0.4, 0.5) is 5.69 Å². The number of carbonyl (C=O) groups excluding carboxylic acids is 1. The molecule has 1 aliphatic carbocycles. The van der Waals surface area contributed by atoms with E-state index >= 15 is 0 Å². The monoisotopic (exact) mass is 411 g/mol.